The molecule has 1 atom stereocenters. The Kier molecular flexibility index (Phi) is 4.03. The Bertz CT molecular complexity index is 744. The third-order valence-electron chi connectivity index (χ3n) is 4.73. The molecule has 1 saturated heterocycles. The largest absolute Gasteiger partial charge is 0.368 e. The molecule has 126 valence electrons. The lowest BCUT2D eigenvalue weighted by atomic mass is 10.2. The van der Waals surface area contributed by atoms with Gasteiger partial charge in [-0.25, -0.2) is 0 Å². The predicted octanol–water partition coefficient (Wildman–Crippen LogP) is 0.778. The van der Waals surface area contributed by atoms with E-state index in [2.05, 4.69) is 21.2 Å². The molecule has 1 fully saturated rings. The van der Waals surface area contributed by atoms with E-state index in [1.54, 1.807) is 6.33 Å². The molecule has 0 N–H and O–H groups in total. The Hall–Kier alpha value is -2.25. The lowest BCUT2D eigenvalue weighted by molar-refractivity contribution is -0.121. The van der Waals surface area contributed by atoms with E-state index >= 15 is 0 Å². The standard InChI is InChI=1S/C17H21N5O2/c1-20-12-18-19-17(20)15-10-21(8-9-24-15)11-16(23)22-7-6-13-4-2-3-5-14(13)22/h2-5,12,15H,6-11H2,1H3. The maximum Gasteiger partial charge on any atom is 0.241 e. The van der Waals surface area contributed by atoms with Crippen molar-refractivity contribution in [3.05, 3.63) is 42.0 Å². The summed E-state index contributed by atoms with van der Waals surface area (Å²) >= 11 is 0. The van der Waals surface area contributed by atoms with Gasteiger partial charge in [-0.2, -0.15) is 0 Å². The number of aromatic nitrogens is 3. The van der Waals surface area contributed by atoms with Crippen LogP contribution < -0.4 is 4.90 Å². The fourth-order valence-corrected chi connectivity index (χ4v) is 3.46. The molecule has 7 heteroatoms. The highest BCUT2D eigenvalue weighted by Gasteiger charge is 2.30. The first kappa shape index (κ1) is 15.3. The van der Waals surface area contributed by atoms with Crippen molar-refractivity contribution in [2.24, 2.45) is 7.05 Å². The molecule has 1 aromatic carbocycles. The number of rotatable bonds is 3. The van der Waals surface area contributed by atoms with E-state index in [9.17, 15) is 4.79 Å². The van der Waals surface area contributed by atoms with Gasteiger partial charge in [-0.15, -0.1) is 10.2 Å². The molecule has 4 rings (SSSR count). The van der Waals surface area contributed by atoms with Gasteiger partial charge >= 0.3 is 0 Å². The molecule has 1 amide bonds. The van der Waals surface area contributed by atoms with E-state index in [4.69, 9.17) is 4.74 Å². The molecule has 7 nitrogen and oxygen atoms in total. The number of ether oxygens (including phenoxy) is 1. The first-order valence-corrected chi connectivity index (χ1v) is 8.28. The molecule has 2 aliphatic heterocycles. The van der Waals surface area contributed by atoms with Gasteiger partial charge in [0.25, 0.3) is 0 Å². The van der Waals surface area contributed by atoms with Crippen LogP contribution in [-0.2, 0) is 23.0 Å². The van der Waals surface area contributed by atoms with E-state index in [-0.39, 0.29) is 12.0 Å². The molecule has 0 radical (unpaired) electrons. The van der Waals surface area contributed by atoms with Crippen LogP contribution in [0.3, 0.4) is 0 Å². The number of aryl methyl sites for hydroxylation is 1. The summed E-state index contributed by atoms with van der Waals surface area (Å²) in [5.41, 5.74) is 2.31. The van der Waals surface area contributed by atoms with Crippen molar-refractivity contribution in [2.75, 3.05) is 37.7 Å². The minimum Gasteiger partial charge on any atom is -0.368 e. The molecule has 2 aromatic rings. The Morgan fingerprint density at radius 3 is 3.04 bits per heavy atom. The molecule has 1 aromatic heterocycles. The number of amides is 1. The van der Waals surface area contributed by atoms with Crippen molar-refractivity contribution in [3.63, 3.8) is 0 Å². The van der Waals surface area contributed by atoms with Crippen molar-refractivity contribution in [1.82, 2.24) is 19.7 Å². The number of carbonyl (C=O) groups excluding carboxylic acids is 1. The number of para-hydroxylation sites is 1. The van der Waals surface area contributed by atoms with Gasteiger partial charge in [0.05, 0.1) is 13.2 Å². The van der Waals surface area contributed by atoms with Crippen molar-refractivity contribution in [2.45, 2.75) is 12.5 Å². The molecule has 2 aliphatic rings. The summed E-state index contributed by atoms with van der Waals surface area (Å²) in [6, 6.07) is 8.15. The molecular formula is C17H21N5O2. The monoisotopic (exact) mass is 327 g/mol. The maximum atomic E-state index is 12.7. The molecule has 0 saturated carbocycles. The molecule has 3 heterocycles. The highest BCUT2D eigenvalue weighted by Crippen LogP contribution is 2.28. The summed E-state index contributed by atoms with van der Waals surface area (Å²) in [7, 11) is 1.91. The van der Waals surface area contributed by atoms with Crippen molar-refractivity contribution < 1.29 is 9.53 Å². The fourth-order valence-electron chi connectivity index (χ4n) is 3.46. The predicted molar refractivity (Wildman–Crippen MR) is 88.6 cm³/mol. The van der Waals surface area contributed by atoms with Crippen molar-refractivity contribution in [1.29, 1.82) is 0 Å². The zero-order valence-corrected chi connectivity index (χ0v) is 13.8. The van der Waals surface area contributed by atoms with E-state index in [1.807, 2.05) is 34.7 Å². The van der Waals surface area contributed by atoms with Gasteiger partial charge in [0.1, 0.15) is 12.4 Å². The second-order valence-electron chi connectivity index (χ2n) is 6.32. The highest BCUT2D eigenvalue weighted by atomic mass is 16.5. The summed E-state index contributed by atoms with van der Waals surface area (Å²) in [5.74, 6) is 0.956. The highest BCUT2D eigenvalue weighted by molar-refractivity contribution is 5.96. The second-order valence-corrected chi connectivity index (χ2v) is 6.32. The Morgan fingerprint density at radius 1 is 1.33 bits per heavy atom. The van der Waals surface area contributed by atoms with Crippen LogP contribution in [-0.4, -0.2) is 58.4 Å². The van der Waals surface area contributed by atoms with Crippen LogP contribution in [0.25, 0.3) is 0 Å². The Labute approximate surface area is 140 Å². The number of benzene rings is 1. The average molecular weight is 327 g/mol. The Morgan fingerprint density at radius 2 is 2.21 bits per heavy atom. The van der Waals surface area contributed by atoms with Gasteiger partial charge in [-0.3, -0.25) is 9.69 Å². The van der Waals surface area contributed by atoms with Gasteiger partial charge < -0.3 is 14.2 Å². The number of nitrogens with zero attached hydrogens (tertiary/aromatic N) is 5. The van der Waals surface area contributed by atoms with Crippen LogP contribution in [0.2, 0.25) is 0 Å². The zero-order valence-electron chi connectivity index (χ0n) is 13.8. The van der Waals surface area contributed by atoms with Crippen LogP contribution in [0.5, 0.6) is 0 Å². The third kappa shape index (κ3) is 2.81. The number of fused-ring (bicyclic) bond motifs is 1. The van der Waals surface area contributed by atoms with Gasteiger partial charge in [0.15, 0.2) is 5.82 Å². The lowest BCUT2D eigenvalue weighted by Gasteiger charge is -2.32. The quantitative estimate of drug-likeness (QED) is 0.833. The van der Waals surface area contributed by atoms with E-state index in [0.29, 0.717) is 19.7 Å². The van der Waals surface area contributed by atoms with Crippen molar-refractivity contribution >= 4 is 11.6 Å². The molecule has 0 bridgehead atoms. The van der Waals surface area contributed by atoms with Crippen LogP contribution in [0.4, 0.5) is 5.69 Å². The zero-order chi connectivity index (χ0) is 16.5. The third-order valence-corrected chi connectivity index (χ3v) is 4.73. The molecular weight excluding hydrogens is 306 g/mol. The van der Waals surface area contributed by atoms with Crippen LogP contribution in [0.15, 0.2) is 30.6 Å². The maximum absolute atomic E-state index is 12.7. The van der Waals surface area contributed by atoms with Crippen molar-refractivity contribution in [3.8, 4) is 0 Å². The van der Waals surface area contributed by atoms with Gasteiger partial charge in [0.2, 0.25) is 5.91 Å². The summed E-state index contributed by atoms with van der Waals surface area (Å²) in [4.78, 5) is 16.8. The molecule has 0 aliphatic carbocycles. The summed E-state index contributed by atoms with van der Waals surface area (Å²) in [6.45, 7) is 3.20. The van der Waals surface area contributed by atoms with Crippen LogP contribution in [0, 0.1) is 0 Å². The number of hydrogen-bond acceptors (Lipinski definition) is 5. The smallest absolute Gasteiger partial charge is 0.241 e. The topological polar surface area (TPSA) is 63.5 Å². The Balaban J connectivity index is 1.42. The summed E-state index contributed by atoms with van der Waals surface area (Å²) in [5, 5.41) is 8.04. The van der Waals surface area contributed by atoms with E-state index in [0.717, 1.165) is 31.0 Å². The first-order valence-electron chi connectivity index (χ1n) is 8.28. The lowest BCUT2D eigenvalue weighted by Crippen LogP contribution is -2.45. The fraction of sp³-hybridized carbons (Fsp3) is 0.471. The number of carbonyl (C=O) groups is 1. The SMILES string of the molecule is Cn1cnnc1C1CN(CC(=O)N2CCc3ccccc32)CCO1. The molecule has 1 unspecified atom stereocenters. The molecule has 0 spiro atoms. The van der Waals surface area contributed by atoms with Crippen LogP contribution in [0.1, 0.15) is 17.5 Å². The molecule has 24 heavy (non-hydrogen) atoms. The normalized spacial score (nSPS) is 21.0. The number of hydrogen-bond donors (Lipinski definition) is 0. The second kappa shape index (κ2) is 6.33. The van der Waals surface area contributed by atoms with Crippen LogP contribution >= 0.6 is 0 Å². The van der Waals surface area contributed by atoms with E-state index < -0.39 is 0 Å². The van der Waals surface area contributed by atoms with Gasteiger partial charge in [-0.05, 0) is 18.1 Å². The first-order chi connectivity index (χ1) is 11.7. The average Bonchev–Trinajstić information content (AvgIpc) is 3.21. The summed E-state index contributed by atoms with van der Waals surface area (Å²) < 4.78 is 7.67. The minimum absolute atomic E-state index is 0.134. The summed E-state index contributed by atoms with van der Waals surface area (Å²) in [6.07, 6.45) is 2.47. The number of morpholine rings is 1. The minimum atomic E-state index is -0.134. The number of anilines is 1. The van der Waals surface area contributed by atoms with Gasteiger partial charge in [-0.1, -0.05) is 18.2 Å². The van der Waals surface area contributed by atoms with E-state index in [1.165, 1.54) is 5.56 Å². The van der Waals surface area contributed by atoms with Gasteiger partial charge in [0, 0.05) is 32.4 Å².